The van der Waals surface area contributed by atoms with E-state index in [2.05, 4.69) is 10.3 Å². The van der Waals surface area contributed by atoms with E-state index in [1.165, 1.54) is 24.5 Å². The topological polar surface area (TPSA) is 68.9 Å². The van der Waals surface area contributed by atoms with Gasteiger partial charge < -0.3 is 10.5 Å². The fraction of sp³-hybridized carbons (Fsp3) is 0.0833. The predicted octanol–water partition coefficient (Wildman–Crippen LogP) is 1.28. The number of hydrogen-bond donors (Lipinski definition) is 1. The quantitative estimate of drug-likeness (QED) is 0.623. The number of anilines is 1. The van der Waals surface area contributed by atoms with Crippen LogP contribution in [0.25, 0.3) is 0 Å². The summed E-state index contributed by atoms with van der Waals surface area (Å²) in [6, 6.07) is 6.53. The minimum atomic E-state index is -0.288. The van der Waals surface area contributed by atoms with E-state index in [0.29, 0.717) is 16.1 Å². The Labute approximate surface area is 98.3 Å². The van der Waals surface area contributed by atoms with Crippen molar-refractivity contribution in [3.63, 3.8) is 0 Å². The van der Waals surface area contributed by atoms with E-state index in [9.17, 15) is 10.0 Å². The highest BCUT2D eigenvalue weighted by molar-refractivity contribution is 6.03. The summed E-state index contributed by atoms with van der Waals surface area (Å²) in [5.74, 6) is 0.206. The fourth-order valence-electron chi connectivity index (χ4n) is 1.36. The van der Waals surface area contributed by atoms with Crippen molar-refractivity contribution >= 4 is 11.7 Å². The molecule has 0 saturated heterocycles. The average molecular weight is 229 g/mol. The third-order valence-corrected chi connectivity index (χ3v) is 2.22. The highest BCUT2D eigenvalue weighted by Crippen LogP contribution is 2.07. The maximum Gasteiger partial charge on any atom is 0.257 e. The van der Waals surface area contributed by atoms with Gasteiger partial charge in [-0.05, 0) is 24.6 Å². The zero-order valence-corrected chi connectivity index (χ0v) is 9.25. The highest BCUT2D eigenvalue weighted by atomic mass is 16.5. The van der Waals surface area contributed by atoms with E-state index in [4.69, 9.17) is 0 Å². The number of aromatic nitrogens is 2. The summed E-state index contributed by atoms with van der Waals surface area (Å²) < 4.78 is 0.627. The molecule has 2 aromatic heterocycles. The Morgan fingerprint density at radius 3 is 2.71 bits per heavy atom. The monoisotopic (exact) mass is 229 g/mol. The lowest BCUT2D eigenvalue weighted by Crippen LogP contribution is -2.25. The Morgan fingerprint density at radius 1 is 1.35 bits per heavy atom. The standard InChI is InChI=1S/C12H11N3O2/c1-9-2-5-13-11(8-9)14-12(16)10-3-6-15(17)7-4-10/h2-8H,1H3,(H,13,14,16). The molecule has 0 fully saturated rings. The molecule has 0 aliphatic carbocycles. The molecule has 0 saturated carbocycles. The van der Waals surface area contributed by atoms with Crippen molar-refractivity contribution in [2.45, 2.75) is 6.92 Å². The molecule has 17 heavy (non-hydrogen) atoms. The van der Waals surface area contributed by atoms with Crippen molar-refractivity contribution < 1.29 is 9.52 Å². The van der Waals surface area contributed by atoms with E-state index in [1.807, 2.05) is 13.0 Å². The van der Waals surface area contributed by atoms with Crippen LogP contribution in [-0.2, 0) is 0 Å². The third-order valence-electron chi connectivity index (χ3n) is 2.22. The smallest absolute Gasteiger partial charge is 0.257 e. The lowest BCUT2D eigenvalue weighted by atomic mass is 10.2. The molecule has 0 aliphatic rings. The van der Waals surface area contributed by atoms with Gasteiger partial charge >= 0.3 is 0 Å². The van der Waals surface area contributed by atoms with Crippen molar-refractivity contribution in [2.75, 3.05) is 5.32 Å². The van der Waals surface area contributed by atoms with Gasteiger partial charge in [-0.3, -0.25) is 4.79 Å². The molecule has 0 radical (unpaired) electrons. The van der Waals surface area contributed by atoms with E-state index in [0.717, 1.165) is 5.56 Å². The molecule has 0 bridgehead atoms. The Balaban J connectivity index is 2.14. The Hall–Kier alpha value is -2.43. The second kappa shape index (κ2) is 4.61. The van der Waals surface area contributed by atoms with Crippen LogP contribution in [0.4, 0.5) is 5.82 Å². The van der Waals surface area contributed by atoms with Gasteiger partial charge in [-0.1, -0.05) is 0 Å². The predicted molar refractivity (Wildman–Crippen MR) is 62.3 cm³/mol. The molecule has 86 valence electrons. The number of pyridine rings is 2. The van der Waals surface area contributed by atoms with Gasteiger partial charge in [0, 0.05) is 18.3 Å². The molecule has 0 unspecified atom stereocenters. The van der Waals surface area contributed by atoms with Gasteiger partial charge in [0.05, 0.1) is 5.56 Å². The van der Waals surface area contributed by atoms with Crippen LogP contribution in [0.15, 0.2) is 42.9 Å². The SMILES string of the molecule is Cc1ccnc(NC(=O)c2cc[n+]([O-])cc2)c1. The molecular weight excluding hydrogens is 218 g/mol. The first-order valence-electron chi connectivity index (χ1n) is 5.08. The van der Waals surface area contributed by atoms with E-state index < -0.39 is 0 Å². The lowest BCUT2D eigenvalue weighted by molar-refractivity contribution is -0.605. The van der Waals surface area contributed by atoms with Crippen molar-refractivity contribution in [3.8, 4) is 0 Å². The molecule has 0 spiro atoms. The zero-order chi connectivity index (χ0) is 12.3. The third kappa shape index (κ3) is 2.78. The Kier molecular flexibility index (Phi) is 3.00. The van der Waals surface area contributed by atoms with Crippen LogP contribution in [0, 0.1) is 12.1 Å². The number of aryl methyl sites for hydroxylation is 1. The molecule has 0 aliphatic heterocycles. The number of amides is 1. The maximum atomic E-state index is 11.8. The first kappa shape index (κ1) is 11.1. The van der Waals surface area contributed by atoms with Gasteiger partial charge in [-0.15, -0.1) is 0 Å². The van der Waals surface area contributed by atoms with Gasteiger partial charge in [0.25, 0.3) is 5.91 Å². The van der Waals surface area contributed by atoms with Gasteiger partial charge in [-0.25, -0.2) is 4.98 Å². The second-order valence-electron chi connectivity index (χ2n) is 3.62. The second-order valence-corrected chi connectivity index (χ2v) is 3.62. The fourth-order valence-corrected chi connectivity index (χ4v) is 1.36. The van der Waals surface area contributed by atoms with Crippen LogP contribution in [0.3, 0.4) is 0 Å². The molecule has 2 aromatic rings. The number of rotatable bonds is 2. The summed E-state index contributed by atoms with van der Waals surface area (Å²) in [5, 5.41) is 13.5. The number of nitrogens with zero attached hydrogens (tertiary/aromatic N) is 2. The minimum absolute atomic E-state index is 0.288. The summed E-state index contributed by atoms with van der Waals surface area (Å²) in [7, 11) is 0. The van der Waals surface area contributed by atoms with Crippen LogP contribution in [0.1, 0.15) is 15.9 Å². The van der Waals surface area contributed by atoms with Gasteiger partial charge in [0.15, 0.2) is 12.4 Å². The average Bonchev–Trinajstić information content (AvgIpc) is 2.29. The Bertz CT molecular complexity index is 538. The van der Waals surface area contributed by atoms with Crippen molar-refractivity contribution in [3.05, 3.63) is 59.2 Å². The molecule has 2 heterocycles. The molecule has 1 N–H and O–H groups in total. The van der Waals surface area contributed by atoms with Crippen molar-refractivity contribution in [2.24, 2.45) is 0 Å². The van der Waals surface area contributed by atoms with E-state index >= 15 is 0 Å². The number of hydrogen-bond acceptors (Lipinski definition) is 3. The normalized spacial score (nSPS) is 9.94. The first-order chi connectivity index (χ1) is 8.15. The molecule has 2 rings (SSSR count). The maximum absolute atomic E-state index is 11.8. The first-order valence-corrected chi connectivity index (χ1v) is 5.08. The molecule has 1 amide bonds. The van der Waals surface area contributed by atoms with Crippen molar-refractivity contribution in [1.82, 2.24) is 4.98 Å². The number of carbonyl (C=O) groups is 1. The molecule has 0 atom stereocenters. The van der Waals surface area contributed by atoms with Gasteiger partial charge in [0.2, 0.25) is 0 Å². The Morgan fingerprint density at radius 2 is 2.06 bits per heavy atom. The molecule has 0 aromatic carbocycles. The minimum Gasteiger partial charge on any atom is -0.619 e. The largest absolute Gasteiger partial charge is 0.619 e. The van der Waals surface area contributed by atoms with Crippen LogP contribution in [0.5, 0.6) is 0 Å². The van der Waals surface area contributed by atoms with Crippen LogP contribution in [0.2, 0.25) is 0 Å². The van der Waals surface area contributed by atoms with E-state index in [-0.39, 0.29) is 5.91 Å². The molecule has 5 nitrogen and oxygen atoms in total. The molecule has 5 heteroatoms. The van der Waals surface area contributed by atoms with Crippen LogP contribution >= 0.6 is 0 Å². The van der Waals surface area contributed by atoms with Crippen LogP contribution < -0.4 is 10.0 Å². The lowest BCUT2D eigenvalue weighted by Gasteiger charge is -2.04. The summed E-state index contributed by atoms with van der Waals surface area (Å²) >= 11 is 0. The number of nitrogens with one attached hydrogen (secondary N) is 1. The summed E-state index contributed by atoms with van der Waals surface area (Å²) in [4.78, 5) is 15.8. The molecular formula is C12H11N3O2. The highest BCUT2D eigenvalue weighted by Gasteiger charge is 2.07. The van der Waals surface area contributed by atoms with E-state index in [1.54, 1.807) is 12.3 Å². The van der Waals surface area contributed by atoms with Gasteiger partial charge in [-0.2, -0.15) is 4.73 Å². The summed E-state index contributed by atoms with van der Waals surface area (Å²) in [6.45, 7) is 1.92. The summed E-state index contributed by atoms with van der Waals surface area (Å²) in [6.07, 6.45) is 4.18. The number of carbonyl (C=O) groups excluding carboxylic acids is 1. The summed E-state index contributed by atoms with van der Waals surface area (Å²) in [5.41, 5.74) is 1.43. The zero-order valence-electron chi connectivity index (χ0n) is 9.25. The van der Waals surface area contributed by atoms with Gasteiger partial charge in [0.1, 0.15) is 5.82 Å². The van der Waals surface area contributed by atoms with Crippen molar-refractivity contribution in [1.29, 1.82) is 0 Å². The van der Waals surface area contributed by atoms with Crippen LogP contribution in [-0.4, -0.2) is 10.9 Å².